The maximum atomic E-state index is 12.8. The minimum Gasteiger partial charge on any atom is -0.487 e. The summed E-state index contributed by atoms with van der Waals surface area (Å²) in [7, 11) is 0. The molecule has 9 nitrogen and oxygen atoms in total. The molecule has 5 rings (SSSR count). The second-order valence-corrected chi connectivity index (χ2v) is 8.80. The molecule has 0 unspecified atom stereocenters. The van der Waals surface area contributed by atoms with Crippen LogP contribution in [0.4, 0.5) is 16.2 Å². The lowest BCUT2D eigenvalue weighted by molar-refractivity contribution is -0.151. The minimum atomic E-state index is -0.522. The molecule has 0 saturated carbocycles. The number of carbonyl (C=O) groups is 2. The van der Waals surface area contributed by atoms with E-state index in [2.05, 4.69) is 10.6 Å². The molecule has 34 heavy (non-hydrogen) atoms. The van der Waals surface area contributed by atoms with Gasteiger partial charge in [0.2, 0.25) is 5.91 Å². The topological polar surface area (TPSA) is 109 Å². The first-order valence-corrected chi connectivity index (χ1v) is 11.7. The normalized spacial score (nSPS) is 25.6. The lowest BCUT2D eigenvalue weighted by Crippen LogP contribution is -2.48. The number of amides is 3. The summed E-state index contributed by atoms with van der Waals surface area (Å²) < 4.78 is 17.5. The van der Waals surface area contributed by atoms with Gasteiger partial charge in [0, 0.05) is 35.9 Å². The molecule has 9 heteroatoms. The first-order valence-electron chi connectivity index (χ1n) is 11.7. The van der Waals surface area contributed by atoms with E-state index in [1.165, 1.54) is 0 Å². The van der Waals surface area contributed by atoms with Crippen LogP contribution in [0.25, 0.3) is 0 Å². The second-order valence-electron chi connectivity index (χ2n) is 8.80. The first kappa shape index (κ1) is 22.6. The van der Waals surface area contributed by atoms with Gasteiger partial charge in [0.05, 0.1) is 32.3 Å². The van der Waals surface area contributed by atoms with E-state index in [1.54, 1.807) is 11.0 Å². The molecule has 2 aromatic rings. The van der Waals surface area contributed by atoms with Gasteiger partial charge in [-0.25, -0.2) is 4.79 Å². The van der Waals surface area contributed by atoms with Gasteiger partial charge in [0.1, 0.15) is 18.0 Å². The van der Waals surface area contributed by atoms with E-state index in [1.807, 2.05) is 42.5 Å². The molecule has 0 spiro atoms. The highest BCUT2D eigenvalue weighted by molar-refractivity contribution is 5.99. The van der Waals surface area contributed by atoms with Crippen LogP contribution in [0.3, 0.4) is 0 Å². The fourth-order valence-corrected chi connectivity index (χ4v) is 4.92. The van der Waals surface area contributed by atoms with Crippen molar-refractivity contribution in [3.05, 3.63) is 54.1 Å². The predicted octanol–water partition coefficient (Wildman–Crippen LogP) is 2.57. The predicted molar refractivity (Wildman–Crippen MR) is 125 cm³/mol. The molecular weight excluding hydrogens is 438 g/mol. The lowest BCUT2D eigenvalue weighted by atomic mass is 9.84. The molecular formula is C25H29N3O6. The Balaban J connectivity index is 1.28. The Kier molecular flexibility index (Phi) is 6.66. The SMILES string of the molecule is O=C(Nc1ccccc1)Nc1ccc2c(c1)[C@@H]1C[C@@H](CC(=O)N3CCOCC3)O[C@@H](CO)[C@@H]1O2. The number of benzene rings is 2. The zero-order valence-electron chi connectivity index (χ0n) is 18.8. The van der Waals surface area contributed by atoms with Crippen LogP contribution < -0.4 is 15.4 Å². The van der Waals surface area contributed by atoms with Crippen molar-refractivity contribution in [3.8, 4) is 5.75 Å². The maximum Gasteiger partial charge on any atom is 0.323 e. The van der Waals surface area contributed by atoms with E-state index in [-0.39, 0.29) is 43.1 Å². The third-order valence-corrected chi connectivity index (χ3v) is 6.55. The molecule has 3 N–H and O–H groups in total. The summed E-state index contributed by atoms with van der Waals surface area (Å²) in [6, 6.07) is 14.4. The first-order chi connectivity index (χ1) is 16.6. The Morgan fingerprint density at radius 3 is 2.56 bits per heavy atom. The molecule has 3 aliphatic rings. The van der Waals surface area contributed by atoms with Gasteiger partial charge in [0.15, 0.2) is 0 Å². The highest BCUT2D eigenvalue weighted by atomic mass is 16.6. The number of carbonyl (C=O) groups excluding carboxylic acids is 2. The summed E-state index contributed by atoms with van der Waals surface area (Å²) in [6.45, 7) is 2.09. The number of para-hydroxylation sites is 1. The van der Waals surface area contributed by atoms with E-state index in [9.17, 15) is 14.7 Å². The third kappa shape index (κ3) is 4.86. The molecule has 0 radical (unpaired) electrons. The Labute approximate surface area is 198 Å². The average Bonchev–Trinajstić information content (AvgIpc) is 3.22. The molecule has 3 aliphatic heterocycles. The third-order valence-electron chi connectivity index (χ3n) is 6.55. The van der Waals surface area contributed by atoms with Crippen LogP contribution in [0, 0.1) is 0 Å². The molecule has 0 bridgehead atoms. The van der Waals surface area contributed by atoms with Crippen LogP contribution in [0.1, 0.15) is 24.3 Å². The van der Waals surface area contributed by atoms with Gasteiger partial charge in [-0.15, -0.1) is 0 Å². The maximum absolute atomic E-state index is 12.8. The fourth-order valence-electron chi connectivity index (χ4n) is 4.92. The molecule has 2 aromatic carbocycles. The van der Waals surface area contributed by atoms with E-state index < -0.39 is 6.10 Å². The van der Waals surface area contributed by atoms with Gasteiger partial charge in [-0.1, -0.05) is 18.2 Å². The highest BCUT2D eigenvalue weighted by Crippen LogP contribution is 2.47. The number of anilines is 2. The number of urea groups is 1. The van der Waals surface area contributed by atoms with Crippen LogP contribution in [0.5, 0.6) is 5.75 Å². The monoisotopic (exact) mass is 467 g/mol. The van der Waals surface area contributed by atoms with E-state index in [0.717, 1.165) is 5.56 Å². The summed E-state index contributed by atoms with van der Waals surface area (Å²) in [5.41, 5.74) is 2.30. The summed E-state index contributed by atoms with van der Waals surface area (Å²) in [4.78, 5) is 27.0. The highest BCUT2D eigenvalue weighted by Gasteiger charge is 2.46. The zero-order valence-corrected chi connectivity index (χ0v) is 18.8. The van der Waals surface area contributed by atoms with Gasteiger partial charge in [-0.3, -0.25) is 4.79 Å². The Hall–Kier alpha value is -3.14. The van der Waals surface area contributed by atoms with E-state index in [0.29, 0.717) is 49.8 Å². The van der Waals surface area contributed by atoms with Gasteiger partial charge in [-0.2, -0.15) is 0 Å². The van der Waals surface area contributed by atoms with Crippen LogP contribution >= 0.6 is 0 Å². The van der Waals surface area contributed by atoms with Crippen molar-refractivity contribution in [2.75, 3.05) is 43.5 Å². The quantitative estimate of drug-likeness (QED) is 0.624. The number of fused-ring (bicyclic) bond motifs is 3. The van der Waals surface area contributed by atoms with Crippen LogP contribution in [0.15, 0.2) is 48.5 Å². The van der Waals surface area contributed by atoms with Gasteiger partial charge in [0.25, 0.3) is 0 Å². The van der Waals surface area contributed by atoms with E-state index in [4.69, 9.17) is 14.2 Å². The van der Waals surface area contributed by atoms with Crippen molar-refractivity contribution in [2.45, 2.75) is 37.1 Å². The second kappa shape index (κ2) is 10.0. The molecule has 0 aromatic heterocycles. The zero-order chi connectivity index (χ0) is 23.5. The van der Waals surface area contributed by atoms with E-state index >= 15 is 0 Å². The average molecular weight is 468 g/mol. The Bertz CT molecular complexity index is 1030. The van der Waals surface area contributed by atoms with Gasteiger partial charge in [-0.05, 0) is 36.8 Å². The van der Waals surface area contributed by atoms with Crippen LogP contribution in [-0.2, 0) is 14.3 Å². The standard InChI is InChI=1S/C25H29N3O6/c29-15-22-24-20(13-18(33-22)14-23(30)28-8-10-32-11-9-28)19-12-17(6-7-21(19)34-24)27-25(31)26-16-4-2-1-3-5-16/h1-7,12,18,20,22,24,29H,8-11,13-15H2,(H2,26,27,31)/t18-,20-,22-,24+/m0/s1. The van der Waals surface area contributed by atoms with Crippen LogP contribution in [0.2, 0.25) is 0 Å². The summed E-state index contributed by atoms with van der Waals surface area (Å²) in [5.74, 6) is 0.712. The Morgan fingerprint density at radius 1 is 1.03 bits per heavy atom. The number of nitrogens with zero attached hydrogens (tertiary/aromatic N) is 1. The minimum absolute atomic E-state index is 0.0376. The number of aliphatic hydroxyl groups is 1. The van der Waals surface area contributed by atoms with Gasteiger partial charge >= 0.3 is 6.03 Å². The van der Waals surface area contributed by atoms with Crippen molar-refractivity contribution in [1.82, 2.24) is 4.90 Å². The number of rotatable bonds is 5. The molecule has 180 valence electrons. The van der Waals surface area contributed by atoms with Crippen molar-refractivity contribution in [1.29, 1.82) is 0 Å². The molecule has 3 amide bonds. The molecule has 4 atom stereocenters. The number of nitrogens with one attached hydrogen (secondary N) is 2. The number of hydrogen-bond acceptors (Lipinski definition) is 6. The fraction of sp³-hybridized carbons (Fsp3) is 0.440. The molecule has 0 aliphatic carbocycles. The number of ether oxygens (including phenoxy) is 3. The van der Waals surface area contributed by atoms with Crippen molar-refractivity contribution in [2.24, 2.45) is 0 Å². The van der Waals surface area contributed by atoms with Crippen LogP contribution in [-0.4, -0.2) is 73.2 Å². The largest absolute Gasteiger partial charge is 0.487 e. The molecule has 3 heterocycles. The summed E-state index contributed by atoms with van der Waals surface area (Å²) in [6.07, 6.45) is -0.313. The summed E-state index contributed by atoms with van der Waals surface area (Å²) >= 11 is 0. The van der Waals surface area contributed by atoms with Gasteiger partial charge < -0.3 is 34.9 Å². The van der Waals surface area contributed by atoms with Crippen molar-refractivity contribution < 1.29 is 28.9 Å². The van der Waals surface area contributed by atoms with Crippen molar-refractivity contribution >= 4 is 23.3 Å². The number of aliphatic hydroxyl groups excluding tert-OH is 1. The number of hydrogen-bond donors (Lipinski definition) is 3. The van der Waals surface area contributed by atoms with Crippen molar-refractivity contribution in [3.63, 3.8) is 0 Å². The Morgan fingerprint density at radius 2 is 1.79 bits per heavy atom. The molecule has 2 saturated heterocycles. The molecule has 2 fully saturated rings. The lowest BCUT2D eigenvalue weighted by Gasteiger charge is -2.38. The summed E-state index contributed by atoms with van der Waals surface area (Å²) in [5, 5.41) is 15.6. The smallest absolute Gasteiger partial charge is 0.323 e. The number of morpholine rings is 1.